The summed E-state index contributed by atoms with van der Waals surface area (Å²) in [7, 11) is 0. The number of hydrogen-bond acceptors (Lipinski definition) is 3. The van der Waals surface area contributed by atoms with Crippen molar-refractivity contribution in [2.45, 2.75) is 17.6 Å². The van der Waals surface area contributed by atoms with Gasteiger partial charge in [-0.05, 0) is 34.9 Å². The van der Waals surface area contributed by atoms with E-state index in [2.05, 4.69) is 54.8 Å². The molecule has 1 unspecified atom stereocenters. The Hall–Kier alpha value is -1.94. The molecule has 1 atom stereocenters. The van der Waals surface area contributed by atoms with E-state index in [9.17, 15) is 4.79 Å². The van der Waals surface area contributed by atoms with E-state index in [1.54, 1.807) is 0 Å². The molecular weight excluding hydrogens is 318 g/mol. The van der Waals surface area contributed by atoms with Gasteiger partial charge in [-0.1, -0.05) is 48.5 Å². The van der Waals surface area contributed by atoms with Gasteiger partial charge in [-0.25, -0.2) is 4.79 Å². The number of hydrogen-bond donors (Lipinski definition) is 0. The third kappa shape index (κ3) is 2.69. The van der Waals surface area contributed by atoms with Crippen molar-refractivity contribution in [3.8, 4) is 11.1 Å². The van der Waals surface area contributed by atoms with Crippen molar-refractivity contribution in [2.24, 2.45) is 0 Å². The second-order valence-corrected chi connectivity index (χ2v) is 7.53. The number of carbonyl (C=O) groups excluding carboxylic acids is 1. The largest absolute Gasteiger partial charge is 0.448 e. The maximum atomic E-state index is 12.4. The topological polar surface area (TPSA) is 29.5 Å². The van der Waals surface area contributed by atoms with Crippen LogP contribution < -0.4 is 0 Å². The summed E-state index contributed by atoms with van der Waals surface area (Å²) in [5.74, 6) is 0.139. The van der Waals surface area contributed by atoms with Crippen molar-refractivity contribution in [2.75, 3.05) is 26.0 Å². The standard InChI is InChI=1S/C20H21NO2S/c1-24-14-10-11-21(12-14)20(22)23-13-19-17-8-4-2-6-15(17)16-7-3-5-9-18(16)19/h2-9,14,19H,10-13H2,1H3. The average Bonchev–Trinajstić information content (AvgIpc) is 3.23. The SMILES string of the molecule is CSC1CCN(C(=O)OCC2c3ccccc3-c3ccccc32)C1. The zero-order chi connectivity index (χ0) is 16.5. The molecule has 24 heavy (non-hydrogen) atoms. The molecule has 2 aromatic rings. The van der Waals surface area contributed by atoms with Crippen LogP contribution in [0.2, 0.25) is 0 Å². The minimum atomic E-state index is -0.173. The molecule has 3 nitrogen and oxygen atoms in total. The van der Waals surface area contributed by atoms with Gasteiger partial charge in [0.25, 0.3) is 0 Å². The van der Waals surface area contributed by atoms with Gasteiger partial charge in [0.05, 0.1) is 0 Å². The molecule has 0 N–H and O–H groups in total. The van der Waals surface area contributed by atoms with Crippen LogP contribution in [0.25, 0.3) is 11.1 Å². The fraction of sp³-hybridized carbons (Fsp3) is 0.350. The van der Waals surface area contributed by atoms with Gasteiger partial charge in [0.2, 0.25) is 0 Å². The van der Waals surface area contributed by atoms with Gasteiger partial charge in [0.15, 0.2) is 0 Å². The van der Waals surface area contributed by atoms with Crippen molar-refractivity contribution < 1.29 is 9.53 Å². The number of amides is 1. The highest BCUT2D eigenvalue weighted by Gasteiger charge is 2.31. The van der Waals surface area contributed by atoms with Gasteiger partial charge in [-0.2, -0.15) is 11.8 Å². The van der Waals surface area contributed by atoms with Crippen LogP contribution in [0.1, 0.15) is 23.5 Å². The van der Waals surface area contributed by atoms with E-state index in [-0.39, 0.29) is 12.0 Å². The summed E-state index contributed by atoms with van der Waals surface area (Å²) in [5.41, 5.74) is 5.04. The van der Waals surface area contributed by atoms with Gasteiger partial charge >= 0.3 is 6.09 Å². The first kappa shape index (κ1) is 15.6. The molecule has 2 aliphatic rings. The maximum Gasteiger partial charge on any atom is 0.409 e. The number of rotatable bonds is 3. The van der Waals surface area contributed by atoms with Crippen LogP contribution in [0.15, 0.2) is 48.5 Å². The molecule has 4 heteroatoms. The Morgan fingerprint density at radius 3 is 2.33 bits per heavy atom. The summed E-state index contributed by atoms with van der Waals surface area (Å²) in [6.45, 7) is 2.02. The number of fused-ring (bicyclic) bond motifs is 3. The lowest BCUT2D eigenvalue weighted by Gasteiger charge is -2.19. The molecular formula is C20H21NO2S. The van der Waals surface area contributed by atoms with Crippen molar-refractivity contribution >= 4 is 17.9 Å². The molecule has 1 heterocycles. The van der Waals surface area contributed by atoms with Crippen molar-refractivity contribution in [1.82, 2.24) is 4.90 Å². The van der Waals surface area contributed by atoms with Crippen molar-refractivity contribution in [1.29, 1.82) is 0 Å². The quantitative estimate of drug-likeness (QED) is 0.831. The number of carbonyl (C=O) groups is 1. The van der Waals surface area contributed by atoms with Crippen LogP contribution in [0.4, 0.5) is 4.79 Å². The fourth-order valence-corrected chi connectivity index (χ4v) is 4.44. The first-order valence-corrected chi connectivity index (χ1v) is 9.69. The Bertz CT molecular complexity index is 715. The molecule has 4 rings (SSSR count). The zero-order valence-corrected chi connectivity index (χ0v) is 14.6. The molecule has 1 amide bonds. The van der Waals surface area contributed by atoms with Crippen molar-refractivity contribution in [3.05, 3.63) is 59.7 Å². The molecule has 0 saturated carbocycles. The Kier molecular flexibility index (Phi) is 4.23. The van der Waals surface area contributed by atoms with Gasteiger partial charge < -0.3 is 9.64 Å². The second-order valence-electron chi connectivity index (χ2n) is 6.40. The first-order valence-electron chi connectivity index (χ1n) is 8.40. The van der Waals surface area contributed by atoms with E-state index in [0.29, 0.717) is 11.9 Å². The predicted molar refractivity (Wildman–Crippen MR) is 98.6 cm³/mol. The highest BCUT2D eigenvalue weighted by molar-refractivity contribution is 7.99. The summed E-state index contributed by atoms with van der Waals surface area (Å²) < 4.78 is 5.69. The van der Waals surface area contributed by atoms with Crippen LogP contribution in [0.5, 0.6) is 0 Å². The first-order chi connectivity index (χ1) is 11.8. The molecule has 0 spiro atoms. The average molecular weight is 339 g/mol. The van der Waals surface area contributed by atoms with E-state index >= 15 is 0 Å². The Balaban J connectivity index is 1.50. The lowest BCUT2D eigenvalue weighted by molar-refractivity contribution is 0.108. The number of thioether (sulfide) groups is 1. The molecule has 1 saturated heterocycles. The van der Waals surface area contributed by atoms with Gasteiger partial charge in [-0.3, -0.25) is 0 Å². The summed E-state index contributed by atoms with van der Waals surface area (Å²) >= 11 is 1.83. The summed E-state index contributed by atoms with van der Waals surface area (Å²) in [6, 6.07) is 16.8. The Labute approximate surface area is 147 Å². The third-order valence-corrected chi connectivity index (χ3v) is 6.12. The summed E-state index contributed by atoms with van der Waals surface area (Å²) in [4.78, 5) is 14.2. The fourth-order valence-electron chi connectivity index (χ4n) is 3.77. The number of benzene rings is 2. The molecule has 1 aliphatic heterocycles. The molecule has 0 bridgehead atoms. The lowest BCUT2D eigenvalue weighted by Crippen LogP contribution is -2.30. The number of ether oxygens (including phenoxy) is 1. The monoisotopic (exact) mass is 339 g/mol. The molecule has 0 aromatic heterocycles. The lowest BCUT2D eigenvalue weighted by atomic mass is 9.98. The van der Waals surface area contributed by atoms with Gasteiger partial charge in [0, 0.05) is 24.3 Å². The van der Waals surface area contributed by atoms with Gasteiger partial charge in [0.1, 0.15) is 6.61 Å². The highest BCUT2D eigenvalue weighted by atomic mass is 32.2. The zero-order valence-electron chi connectivity index (χ0n) is 13.8. The van der Waals surface area contributed by atoms with E-state index < -0.39 is 0 Å². The van der Waals surface area contributed by atoms with E-state index in [1.165, 1.54) is 22.3 Å². The predicted octanol–water partition coefficient (Wildman–Crippen LogP) is 4.37. The third-order valence-electron chi connectivity index (χ3n) is 5.07. The van der Waals surface area contributed by atoms with Crippen LogP contribution >= 0.6 is 11.8 Å². The molecule has 0 radical (unpaired) electrons. The summed E-state index contributed by atoms with van der Waals surface area (Å²) in [5, 5.41) is 0.547. The number of nitrogens with zero attached hydrogens (tertiary/aromatic N) is 1. The minimum Gasteiger partial charge on any atom is -0.448 e. The smallest absolute Gasteiger partial charge is 0.409 e. The van der Waals surface area contributed by atoms with E-state index in [4.69, 9.17) is 4.74 Å². The molecule has 2 aromatic carbocycles. The molecule has 124 valence electrons. The second kappa shape index (κ2) is 6.52. The van der Waals surface area contributed by atoms with Crippen LogP contribution in [-0.4, -0.2) is 42.2 Å². The van der Waals surface area contributed by atoms with Crippen molar-refractivity contribution in [3.63, 3.8) is 0 Å². The number of likely N-dealkylation sites (tertiary alicyclic amines) is 1. The molecule has 1 fully saturated rings. The Morgan fingerprint density at radius 1 is 1.12 bits per heavy atom. The summed E-state index contributed by atoms with van der Waals surface area (Å²) in [6.07, 6.45) is 2.99. The van der Waals surface area contributed by atoms with E-state index in [1.807, 2.05) is 16.7 Å². The normalized spacial score (nSPS) is 19.2. The Morgan fingerprint density at radius 2 is 1.75 bits per heavy atom. The van der Waals surface area contributed by atoms with Crippen LogP contribution in [0.3, 0.4) is 0 Å². The van der Waals surface area contributed by atoms with Crippen LogP contribution in [0, 0.1) is 0 Å². The molecule has 1 aliphatic carbocycles. The highest BCUT2D eigenvalue weighted by Crippen LogP contribution is 2.44. The van der Waals surface area contributed by atoms with Gasteiger partial charge in [-0.15, -0.1) is 0 Å². The van der Waals surface area contributed by atoms with E-state index in [0.717, 1.165) is 19.5 Å². The maximum absolute atomic E-state index is 12.4. The minimum absolute atomic E-state index is 0.139. The van der Waals surface area contributed by atoms with Crippen LogP contribution in [-0.2, 0) is 4.74 Å².